The van der Waals surface area contributed by atoms with Crippen LogP contribution in [0.1, 0.15) is 26.7 Å². The van der Waals surface area contributed by atoms with Crippen LogP contribution in [0.15, 0.2) is 0 Å². The van der Waals surface area contributed by atoms with Crippen LogP contribution in [0, 0.1) is 5.41 Å². The number of ether oxygens (including phenoxy) is 2. The Labute approximate surface area is 74.2 Å². The van der Waals surface area contributed by atoms with Crippen LogP contribution in [0.2, 0.25) is 0 Å². The Morgan fingerprint density at radius 3 is 2.00 bits per heavy atom. The van der Waals surface area contributed by atoms with Crippen LogP contribution in [0.5, 0.6) is 0 Å². The summed E-state index contributed by atoms with van der Waals surface area (Å²) in [5.41, 5.74) is 5.82. The Kier molecular flexibility index (Phi) is 3.50. The zero-order valence-corrected chi connectivity index (χ0v) is 8.01. The van der Waals surface area contributed by atoms with Crippen molar-refractivity contribution in [1.82, 2.24) is 0 Å². The van der Waals surface area contributed by atoms with Gasteiger partial charge in [0, 0.05) is 25.2 Å². The molecular weight excluding hydrogens is 154 g/mol. The average Bonchev–Trinajstić information content (AvgIpc) is 2.85. The van der Waals surface area contributed by atoms with Crippen molar-refractivity contribution >= 4 is 0 Å². The first kappa shape index (κ1) is 9.96. The molecule has 3 nitrogen and oxygen atoms in total. The fourth-order valence-electron chi connectivity index (χ4n) is 1.40. The highest BCUT2D eigenvalue weighted by Crippen LogP contribution is 2.49. The topological polar surface area (TPSA) is 44.5 Å². The van der Waals surface area contributed by atoms with E-state index in [1.807, 2.05) is 13.8 Å². The molecule has 1 fully saturated rings. The van der Waals surface area contributed by atoms with Crippen molar-refractivity contribution in [3.63, 3.8) is 0 Å². The molecule has 1 aliphatic rings. The summed E-state index contributed by atoms with van der Waals surface area (Å²) in [5, 5.41) is 0. The zero-order chi connectivity index (χ0) is 9.03. The quantitative estimate of drug-likeness (QED) is 0.612. The van der Waals surface area contributed by atoms with Gasteiger partial charge in [-0.1, -0.05) is 0 Å². The second kappa shape index (κ2) is 4.21. The maximum absolute atomic E-state index is 5.67. The number of hydrogen-bond acceptors (Lipinski definition) is 3. The van der Waals surface area contributed by atoms with Crippen LogP contribution in [0.25, 0.3) is 0 Å². The fraction of sp³-hybridized carbons (Fsp3) is 1.00. The fourth-order valence-corrected chi connectivity index (χ4v) is 1.40. The Hall–Kier alpha value is -0.120. The standard InChI is InChI=1S/C9H19NO2/c1-3-11-8(12-4-2)9(7-10)5-6-9/h8H,3-7,10H2,1-2H3. The number of nitrogens with two attached hydrogens (primary N) is 1. The van der Waals surface area contributed by atoms with E-state index in [2.05, 4.69) is 0 Å². The molecule has 0 unspecified atom stereocenters. The molecule has 1 aliphatic carbocycles. The molecular formula is C9H19NO2. The number of hydrogen-bond donors (Lipinski definition) is 1. The highest BCUT2D eigenvalue weighted by Gasteiger charge is 2.49. The highest BCUT2D eigenvalue weighted by molar-refractivity contribution is 4.97. The van der Waals surface area contributed by atoms with E-state index in [9.17, 15) is 0 Å². The average molecular weight is 173 g/mol. The molecule has 0 aliphatic heterocycles. The lowest BCUT2D eigenvalue weighted by Crippen LogP contribution is -2.34. The Morgan fingerprint density at radius 1 is 1.25 bits per heavy atom. The lowest BCUT2D eigenvalue weighted by atomic mass is 10.1. The van der Waals surface area contributed by atoms with Crippen LogP contribution in [0.3, 0.4) is 0 Å². The normalized spacial score (nSPS) is 20.0. The van der Waals surface area contributed by atoms with Gasteiger partial charge in [0.15, 0.2) is 6.29 Å². The van der Waals surface area contributed by atoms with E-state index >= 15 is 0 Å². The van der Waals surface area contributed by atoms with Crippen LogP contribution in [0.4, 0.5) is 0 Å². The van der Waals surface area contributed by atoms with E-state index in [1.54, 1.807) is 0 Å². The van der Waals surface area contributed by atoms with Crippen molar-refractivity contribution in [3.05, 3.63) is 0 Å². The van der Waals surface area contributed by atoms with Crippen molar-refractivity contribution in [2.24, 2.45) is 11.1 Å². The van der Waals surface area contributed by atoms with Crippen LogP contribution >= 0.6 is 0 Å². The van der Waals surface area contributed by atoms with E-state index < -0.39 is 0 Å². The monoisotopic (exact) mass is 173 g/mol. The molecule has 0 amide bonds. The molecule has 72 valence electrons. The summed E-state index contributed by atoms with van der Waals surface area (Å²) < 4.78 is 11.0. The largest absolute Gasteiger partial charge is 0.352 e. The second-order valence-electron chi connectivity index (χ2n) is 3.31. The highest BCUT2D eigenvalue weighted by atomic mass is 16.7. The van der Waals surface area contributed by atoms with E-state index in [0.29, 0.717) is 19.8 Å². The lowest BCUT2D eigenvalue weighted by Gasteiger charge is -2.24. The predicted molar refractivity (Wildman–Crippen MR) is 47.8 cm³/mol. The van der Waals surface area contributed by atoms with Crippen molar-refractivity contribution < 1.29 is 9.47 Å². The van der Waals surface area contributed by atoms with Gasteiger partial charge < -0.3 is 15.2 Å². The first-order valence-corrected chi connectivity index (χ1v) is 4.72. The van der Waals surface area contributed by atoms with Crippen molar-refractivity contribution in [1.29, 1.82) is 0 Å². The van der Waals surface area contributed by atoms with Gasteiger partial charge in [0.1, 0.15) is 0 Å². The Balaban J connectivity index is 2.41. The van der Waals surface area contributed by atoms with Gasteiger partial charge in [-0.25, -0.2) is 0 Å². The maximum Gasteiger partial charge on any atom is 0.164 e. The Bertz CT molecular complexity index is 128. The molecule has 0 bridgehead atoms. The third kappa shape index (κ3) is 1.97. The molecule has 0 saturated heterocycles. The first-order valence-electron chi connectivity index (χ1n) is 4.72. The SMILES string of the molecule is CCOC(OCC)C1(CN)CC1. The molecule has 0 atom stereocenters. The molecule has 0 aromatic heterocycles. The van der Waals surface area contributed by atoms with Gasteiger partial charge in [0.2, 0.25) is 0 Å². The lowest BCUT2D eigenvalue weighted by molar-refractivity contribution is -0.173. The molecule has 3 heteroatoms. The third-order valence-corrected chi connectivity index (χ3v) is 2.43. The van der Waals surface area contributed by atoms with Gasteiger partial charge in [0.05, 0.1) is 0 Å². The molecule has 0 spiro atoms. The number of rotatable bonds is 6. The molecule has 1 saturated carbocycles. The molecule has 0 radical (unpaired) electrons. The molecule has 2 N–H and O–H groups in total. The summed E-state index contributed by atoms with van der Waals surface area (Å²) in [6, 6.07) is 0. The summed E-state index contributed by atoms with van der Waals surface area (Å²) in [7, 11) is 0. The zero-order valence-electron chi connectivity index (χ0n) is 8.01. The van der Waals surface area contributed by atoms with Crippen LogP contribution in [-0.2, 0) is 9.47 Å². The van der Waals surface area contributed by atoms with Crippen molar-refractivity contribution in [2.75, 3.05) is 19.8 Å². The van der Waals surface area contributed by atoms with Gasteiger partial charge >= 0.3 is 0 Å². The van der Waals surface area contributed by atoms with Gasteiger partial charge in [-0.05, 0) is 26.7 Å². The Morgan fingerprint density at radius 2 is 1.75 bits per heavy atom. The first-order chi connectivity index (χ1) is 5.79. The molecule has 0 aromatic carbocycles. The minimum atomic E-state index is -0.0718. The maximum atomic E-state index is 5.67. The van der Waals surface area contributed by atoms with E-state index in [-0.39, 0.29) is 11.7 Å². The van der Waals surface area contributed by atoms with E-state index in [0.717, 1.165) is 12.8 Å². The molecule has 1 rings (SSSR count). The summed E-state index contributed by atoms with van der Waals surface area (Å²) in [6.45, 7) is 6.05. The van der Waals surface area contributed by atoms with Crippen LogP contribution < -0.4 is 5.73 Å². The van der Waals surface area contributed by atoms with E-state index in [1.165, 1.54) is 0 Å². The van der Waals surface area contributed by atoms with Gasteiger partial charge in [-0.2, -0.15) is 0 Å². The van der Waals surface area contributed by atoms with Gasteiger partial charge in [-0.15, -0.1) is 0 Å². The van der Waals surface area contributed by atoms with E-state index in [4.69, 9.17) is 15.2 Å². The molecule has 0 heterocycles. The molecule has 0 aromatic rings. The molecule has 12 heavy (non-hydrogen) atoms. The summed E-state index contributed by atoms with van der Waals surface area (Å²) in [6.07, 6.45) is 2.22. The third-order valence-electron chi connectivity index (χ3n) is 2.43. The van der Waals surface area contributed by atoms with Gasteiger partial charge in [0.25, 0.3) is 0 Å². The second-order valence-corrected chi connectivity index (χ2v) is 3.31. The van der Waals surface area contributed by atoms with Crippen molar-refractivity contribution in [2.45, 2.75) is 33.0 Å². The van der Waals surface area contributed by atoms with Gasteiger partial charge in [-0.3, -0.25) is 0 Å². The summed E-state index contributed by atoms with van der Waals surface area (Å²) in [4.78, 5) is 0. The minimum Gasteiger partial charge on any atom is -0.352 e. The predicted octanol–water partition coefficient (Wildman–Crippen LogP) is 1.12. The smallest absolute Gasteiger partial charge is 0.164 e. The van der Waals surface area contributed by atoms with Crippen LogP contribution in [-0.4, -0.2) is 26.0 Å². The summed E-state index contributed by atoms with van der Waals surface area (Å²) >= 11 is 0. The summed E-state index contributed by atoms with van der Waals surface area (Å²) in [5.74, 6) is 0. The van der Waals surface area contributed by atoms with Crippen molar-refractivity contribution in [3.8, 4) is 0 Å². The minimum absolute atomic E-state index is 0.0718.